The third-order valence-electron chi connectivity index (χ3n) is 1.07. The van der Waals surface area contributed by atoms with Crippen LogP contribution < -0.4 is 0 Å². The van der Waals surface area contributed by atoms with Crippen molar-refractivity contribution in [2.24, 2.45) is 0 Å². The van der Waals surface area contributed by atoms with Crippen molar-refractivity contribution in [1.82, 2.24) is 0 Å². The maximum atomic E-state index is 10.3. The van der Waals surface area contributed by atoms with Crippen LogP contribution in [-0.4, -0.2) is 35.0 Å². The standard InChI is InChI=1S/C6H10O4/c7-3-5(9)1-2-6(10)4-8/h3,6,8,10H,1-2,4H2/t6-/m0/s1. The molecule has 0 rings (SSSR count). The Morgan fingerprint density at radius 1 is 1.60 bits per heavy atom. The van der Waals surface area contributed by atoms with Crippen molar-refractivity contribution in [3.63, 3.8) is 0 Å². The Balaban J connectivity index is 3.34. The van der Waals surface area contributed by atoms with E-state index in [1.165, 1.54) is 0 Å². The van der Waals surface area contributed by atoms with Crippen molar-refractivity contribution in [1.29, 1.82) is 0 Å². The van der Waals surface area contributed by atoms with Crippen molar-refractivity contribution in [2.75, 3.05) is 6.61 Å². The van der Waals surface area contributed by atoms with Crippen LogP contribution in [0.3, 0.4) is 0 Å². The van der Waals surface area contributed by atoms with E-state index in [9.17, 15) is 9.59 Å². The monoisotopic (exact) mass is 146 g/mol. The van der Waals surface area contributed by atoms with Crippen LogP contribution in [0.25, 0.3) is 0 Å². The molecule has 0 spiro atoms. The number of aliphatic hydroxyl groups is 2. The van der Waals surface area contributed by atoms with E-state index in [1.807, 2.05) is 0 Å². The Bertz CT molecular complexity index is 121. The Morgan fingerprint density at radius 3 is 2.60 bits per heavy atom. The van der Waals surface area contributed by atoms with Gasteiger partial charge in [-0.05, 0) is 6.42 Å². The quantitative estimate of drug-likeness (QED) is 0.381. The van der Waals surface area contributed by atoms with Crippen LogP contribution >= 0.6 is 0 Å². The molecule has 10 heavy (non-hydrogen) atoms. The van der Waals surface area contributed by atoms with Gasteiger partial charge in [-0.25, -0.2) is 0 Å². The minimum Gasteiger partial charge on any atom is -0.394 e. The highest BCUT2D eigenvalue weighted by atomic mass is 16.3. The van der Waals surface area contributed by atoms with Crippen molar-refractivity contribution in [2.45, 2.75) is 18.9 Å². The van der Waals surface area contributed by atoms with E-state index in [4.69, 9.17) is 10.2 Å². The maximum Gasteiger partial charge on any atom is 0.195 e. The molecule has 4 nitrogen and oxygen atoms in total. The fourth-order valence-corrected chi connectivity index (χ4v) is 0.459. The molecule has 4 heteroatoms. The number of aliphatic hydroxyl groups excluding tert-OH is 2. The summed E-state index contributed by atoms with van der Waals surface area (Å²) in [6.07, 6.45) is -0.521. The molecule has 0 amide bonds. The molecule has 0 aliphatic heterocycles. The number of hydrogen-bond donors (Lipinski definition) is 2. The second kappa shape index (κ2) is 5.08. The van der Waals surface area contributed by atoms with Crippen LogP contribution in [0.2, 0.25) is 0 Å². The lowest BCUT2D eigenvalue weighted by Gasteiger charge is -2.02. The maximum absolute atomic E-state index is 10.3. The van der Waals surface area contributed by atoms with Gasteiger partial charge in [0, 0.05) is 6.42 Å². The first-order valence-corrected chi connectivity index (χ1v) is 2.97. The third kappa shape index (κ3) is 4.17. The van der Waals surface area contributed by atoms with Crippen LogP contribution in [0.15, 0.2) is 0 Å². The lowest BCUT2D eigenvalue weighted by Crippen LogP contribution is -2.14. The average Bonchev–Trinajstić information content (AvgIpc) is 1.99. The summed E-state index contributed by atoms with van der Waals surface area (Å²) >= 11 is 0. The van der Waals surface area contributed by atoms with E-state index in [1.54, 1.807) is 0 Å². The number of hydrogen-bond acceptors (Lipinski definition) is 4. The number of ketones is 1. The van der Waals surface area contributed by atoms with Gasteiger partial charge in [0.15, 0.2) is 12.1 Å². The van der Waals surface area contributed by atoms with Gasteiger partial charge in [0.1, 0.15) is 0 Å². The van der Waals surface area contributed by atoms with E-state index in [0.717, 1.165) is 0 Å². The molecule has 2 N–H and O–H groups in total. The number of carbonyl (C=O) groups excluding carboxylic acids is 2. The van der Waals surface area contributed by atoms with Crippen LogP contribution in [0.4, 0.5) is 0 Å². The van der Waals surface area contributed by atoms with Gasteiger partial charge >= 0.3 is 0 Å². The van der Waals surface area contributed by atoms with Crippen LogP contribution in [0, 0.1) is 0 Å². The van der Waals surface area contributed by atoms with E-state index in [-0.39, 0.29) is 25.7 Å². The number of Topliss-reactive ketones (excluding diaryl/α,β-unsaturated/α-hetero) is 1. The van der Waals surface area contributed by atoms with Gasteiger partial charge in [-0.1, -0.05) is 0 Å². The summed E-state index contributed by atoms with van der Waals surface area (Å²) in [6, 6.07) is 0. The fraction of sp³-hybridized carbons (Fsp3) is 0.667. The lowest BCUT2D eigenvalue weighted by atomic mass is 10.1. The first-order chi connectivity index (χ1) is 4.70. The van der Waals surface area contributed by atoms with E-state index < -0.39 is 11.9 Å². The lowest BCUT2D eigenvalue weighted by molar-refractivity contribution is -0.130. The summed E-state index contributed by atoms with van der Waals surface area (Å²) in [6.45, 7) is -0.369. The average molecular weight is 146 g/mol. The molecule has 0 aromatic heterocycles. The highest BCUT2D eigenvalue weighted by molar-refractivity contribution is 6.24. The normalized spacial score (nSPS) is 12.6. The third-order valence-corrected chi connectivity index (χ3v) is 1.07. The molecule has 0 aromatic rings. The second-order valence-corrected chi connectivity index (χ2v) is 1.96. The number of carbonyl (C=O) groups is 2. The zero-order valence-corrected chi connectivity index (χ0v) is 5.49. The molecule has 58 valence electrons. The highest BCUT2D eigenvalue weighted by Gasteiger charge is 2.04. The summed E-state index contributed by atoms with van der Waals surface area (Å²) in [5.74, 6) is -0.549. The van der Waals surface area contributed by atoms with Crippen LogP contribution in [-0.2, 0) is 9.59 Å². The number of aldehydes is 1. The van der Waals surface area contributed by atoms with Crippen molar-refractivity contribution < 1.29 is 19.8 Å². The SMILES string of the molecule is O=CC(=O)CC[C@H](O)CO. The van der Waals surface area contributed by atoms with Gasteiger partial charge in [-0.2, -0.15) is 0 Å². The molecule has 0 unspecified atom stereocenters. The predicted molar refractivity (Wildman–Crippen MR) is 33.4 cm³/mol. The molecule has 0 aliphatic rings. The smallest absolute Gasteiger partial charge is 0.195 e. The Labute approximate surface area is 58.5 Å². The van der Waals surface area contributed by atoms with Crippen molar-refractivity contribution in [3.8, 4) is 0 Å². The Kier molecular flexibility index (Phi) is 4.70. The van der Waals surface area contributed by atoms with E-state index in [0.29, 0.717) is 0 Å². The Morgan fingerprint density at radius 2 is 2.20 bits per heavy atom. The predicted octanol–water partition coefficient (Wildman–Crippen LogP) is -1.11. The molecule has 0 fully saturated rings. The zero-order chi connectivity index (χ0) is 7.98. The summed E-state index contributed by atoms with van der Waals surface area (Å²) in [5.41, 5.74) is 0. The van der Waals surface area contributed by atoms with E-state index in [2.05, 4.69) is 0 Å². The van der Waals surface area contributed by atoms with Gasteiger partial charge in [0.2, 0.25) is 0 Å². The minimum atomic E-state index is -0.885. The van der Waals surface area contributed by atoms with Gasteiger partial charge in [0.05, 0.1) is 12.7 Å². The first-order valence-electron chi connectivity index (χ1n) is 2.97. The molecule has 0 saturated heterocycles. The topological polar surface area (TPSA) is 74.6 Å². The summed E-state index contributed by atoms with van der Waals surface area (Å²) in [7, 11) is 0. The van der Waals surface area contributed by atoms with Gasteiger partial charge in [-0.15, -0.1) is 0 Å². The fourth-order valence-electron chi connectivity index (χ4n) is 0.459. The molecule has 0 radical (unpaired) electrons. The summed E-state index contributed by atoms with van der Waals surface area (Å²) < 4.78 is 0. The zero-order valence-electron chi connectivity index (χ0n) is 5.49. The molecular weight excluding hydrogens is 136 g/mol. The van der Waals surface area contributed by atoms with E-state index >= 15 is 0 Å². The Hall–Kier alpha value is -0.740. The van der Waals surface area contributed by atoms with Crippen LogP contribution in [0.1, 0.15) is 12.8 Å². The van der Waals surface area contributed by atoms with Crippen LogP contribution in [0.5, 0.6) is 0 Å². The summed E-state index contributed by atoms with van der Waals surface area (Å²) in [4.78, 5) is 20.0. The largest absolute Gasteiger partial charge is 0.394 e. The van der Waals surface area contributed by atoms with Gasteiger partial charge in [-0.3, -0.25) is 9.59 Å². The molecule has 0 heterocycles. The molecule has 0 aliphatic carbocycles. The molecule has 0 aromatic carbocycles. The molecule has 1 atom stereocenters. The van der Waals surface area contributed by atoms with Gasteiger partial charge < -0.3 is 10.2 Å². The van der Waals surface area contributed by atoms with Gasteiger partial charge in [0.25, 0.3) is 0 Å². The molecule has 0 bridgehead atoms. The molecule has 0 saturated carbocycles. The molecular formula is C6H10O4. The second-order valence-electron chi connectivity index (χ2n) is 1.96. The minimum absolute atomic E-state index is 0.00519. The van der Waals surface area contributed by atoms with Crippen molar-refractivity contribution in [3.05, 3.63) is 0 Å². The first kappa shape index (κ1) is 9.26. The van der Waals surface area contributed by atoms with Crippen molar-refractivity contribution >= 4 is 12.1 Å². The summed E-state index contributed by atoms with van der Waals surface area (Å²) in [5, 5.41) is 17.0. The highest BCUT2D eigenvalue weighted by Crippen LogP contribution is 1.95. The number of rotatable bonds is 5.